The van der Waals surface area contributed by atoms with Crippen molar-refractivity contribution in [2.24, 2.45) is 5.92 Å². The number of Topliss-reactive ketones (excluding diaryl/α,β-unsaturated/α-hetero) is 1. The maximum atomic E-state index is 13.0. The third-order valence-corrected chi connectivity index (χ3v) is 8.32. The van der Waals surface area contributed by atoms with Crippen molar-refractivity contribution in [3.8, 4) is 5.88 Å². The molecule has 3 heterocycles. The lowest BCUT2D eigenvalue weighted by molar-refractivity contribution is 0.0894. The van der Waals surface area contributed by atoms with E-state index in [1.807, 2.05) is 18.2 Å². The van der Waals surface area contributed by atoms with Gasteiger partial charge in [0.25, 0.3) is 0 Å². The Hall–Kier alpha value is -1.95. The van der Waals surface area contributed by atoms with Crippen LogP contribution in [0.4, 0.5) is 0 Å². The highest BCUT2D eigenvalue weighted by Crippen LogP contribution is 2.40. The number of rotatable bonds is 3. The van der Waals surface area contributed by atoms with Gasteiger partial charge in [0.2, 0.25) is 5.88 Å². The first-order chi connectivity index (χ1) is 12.0. The molecule has 2 atom stereocenters. The smallest absolute Gasteiger partial charge is 0.213 e. The minimum atomic E-state index is -3.03. The van der Waals surface area contributed by atoms with E-state index < -0.39 is 9.84 Å². The van der Waals surface area contributed by atoms with Crippen molar-refractivity contribution in [1.29, 1.82) is 0 Å². The average Bonchev–Trinajstić information content (AvgIpc) is 2.59. The number of ether oxygens (including phenoxy) is 1. The van der Waals surface area contributed by atoms with E-state index in [9.17, 15) is 13.2 Å². The monoisotopic (exact) mass is 359 g/mol. The number of nitrogens with zero attached hydrogens (tertiary/aromatic N) is 1. The fourth-order valence-electron chi connectivity index (χ4n) is 4.23. The van der Waals surface area contributed by atoms with Gasteiger partial charge in [-0.3, -0.25) is 4.79 Å². The molecular formula is C19H21NO4S. The van der Waals surface area contributed by atoms with Crippen LogP contribution >= 0.6 is 0 Å². The number of sulfone groups is 1. The largest absolute Gasteiger partial charge is 0.481 e. The number of carbonyl (C=O) groups is 1. The summed E-state index contributed by atoms with van der Waals surface area (Å²) in [7, 11) is -1.46. The Bertz CT molecular complexity index is 918. The van der Waals surface area contributed by atoms with Crippen LogP contribution in [-0.4, -0.2) is 36.8 Å². The van der Waals surface area contributed by atoms with Crippen LogP contribution in [0.25, 0.3) is 10.9 Å². The van der Waals surface area contributed by atoms with E-state index in [1.165, 1.54) is 0 Å². The molecule has 2 unspecified atom stereocenters. The van der Waals surface area contributed by atoms with Crippen molar-refractivity contribution in [2.75, 3.05) is 7.11 Å². The van der Waals surface area contributed by atoms with E-state index in [1.54, 1.807) is 19.2 Å². The van der Waals surface area contributed by atoms with Crippen molar-refractivity contribution in [3.63, 3.8) is 0 Å². The number of ketones is 1. The van der Waals surface area contributed by atoms with Gasteiger partial charge in [-0.1, -0.05) is 6.42 Å². The molecule has 25 heavy (non-hydrogen) atoms. The third-order valence-electron chi connectivity index (χ3n) is 5.60. The van der Waals surface area contributed by atoms with Crippen molar-refractivity contribution in [2.45, 2.75) is 42.6 Å². The van der Waals surface area contributed by atoms with Crippen LogP contribution in [-0.2, 0) is 9.84 Å². The molecule has 1 aromatic carbocycles. The quantitative estimate of drug-likeness (QED) is 0.787. The molecule has 0 radical (unpaired) electrons. The summed E-state index contributed by atoms with van der Waals surface area (Å²) < 4.78 is 29.9. The second kappa shape index (κ2) is 6.09. The number of benzene rings is 1. The van der Waals surface area contributed by atoms with Crippen LogP contribution in [0.1, 0.15) is 42.5 Å². The molecule has 6 heteroatoms. The summed E-state index contributed by atoms with van der Waals surface area (Å²) in [5.74, 6) is 0.406. The number of pyridine rings is 1. The lowest BCUT2D eigenvalue weighted by Gasteiger charge is -2.38. The van der Waals surface area contributed by atoms with Gasteiger partial charge in [0.1, 0.15) is 0 Å². The molecular weight excluding hydrogens is 338 g/mol. The lowest BCUT2D eigenvalue weighted by atomic mass is 9.84. The van der Waals surface area contributed by atoms with Gasteiger partial charge in [-0.15, -0.1) is 0 Å². The lowest BCUT2D eigenvalue weighted by Crippen LogP contribution is -2.45. The van der Waals surface area contributed by atoms with E-state index >= 15 is 0 Å². The number of carbonyl (C=O) groups excluding carboxylic acids is 1. The minimum absolute atomic E-state index is 0.0597. The Morgan fingerprint density at radius 3 is 2.52 bits per heavy atom. The Labute approximate surface area is 147 Å². The maximum absolute atomic E-state index is 13.0. The molecule has 2 aromatic rings. The van der Waals surface area contributed by atoms with E-state index in [4.69, 9.17) is 4.74 Å². The topological polar surface area (TPSA) is 73.3 Å². The predicted molar refractivity (Wildman–Crippen MR) is 95.7 cm³/mol. The van der Waals surface area contributed by atoms with E-state index in [-0.39, 0.29) is 22.2 Å². The van der Waals surface area contributed by atoms with Crippen LogP contribution in [0.15, 0.2) is 30.3 Å². The van der Waals surface area contributed by atoms with Crippen molar-refractivity contribution in [1.82, 2.24) is 4.98 Å². The maximum Gasteiger partial charge on any atom is 0.213 e. The van der Waals surface area contributed by atoms with Crippen LogP contribution in [0.3, 0.4) is 0 Å². The zero-order valence-corrected chi connectivity index (χ0v) is 15.0. The molecule has 0 N–H and O–H groups in total. The first-order valence-electron chi connectivity index (χ1n) is 8.71. The second-order valence-electron chi connectivity index (χ2n) is 7.06. The third kappa shape index (κ3) is 2.82. The zero-order chi connectivity index (χ0) is 17.6. The Kier molecular flexibility index (Phi) is 4.02. The SMILES string of the molecule is COc1ccc2cc(C(=O)C3CC4CCCC(C3)S4(=O)=O)ccc2n1. The molecule has 2 bridgehead atoms. The summed E-state index contributed by atoms with van der Waals surface area (Å²) in [6.07, 6.45) is 3.29. The molecule has 0 amide bonds. The number of hydrogen-bond donors (Lipinski definition) is 0. The van der Waals surface area contributed by atoms with Gasteiger partial charge < -0.3 is 4.74 Å². The Morgan fingerprint density at radius 1 is 1.12 bits per heavy atom. The molecule has 2 fully saturated rings. The second-order valence-corrected chi connectivity index (χ2v) is 9.57. The molecule has 0 spiro atoms. The van der Waals surface area contributed by atoms with Crippen LogP contribution < -0.4 is 4.74 Å². The van der Waals surface area contributed by atoms with Crippen LogP contribution in [0.2, 0.25) is 0 Å². The highest BCUT2D eigenvalue weighted by molar-refractivity contribution is 7.92. The first-order valence-corrected chi connectivity index (χ1v) is 10.3. The van der Waals surface area contributed by atoms with Gasteiger partial charge >= 0.3 is 0 Å². The van der Waals surface area contributed by atoms with E-state index in [0.29, 0.717) is 37.1 Å². The van der Waals surface area contributed by atoms with Crippen LogP contribution in [0, 0.1) is 5.92 Å². The molecule has 132 valence electrons. The van der Waals surface area contributed by atoms with Gasteiger partial charge in [0.15, 0.2) is 15.6 Å². The molecule has 5 nitrogen and oxygen atoms in total. The van der Waals surface area contributed by atoms with Gasteiger partial charge in [-0.25, -0.2) is 13.4 Å². The molecule has 1 aromatic heterocycles. The van der Waals surface area contributed by atoms with Gasteiger partial charge in [-0.05, 0) is 49.9 Å². The predicted octanol–water partition coefficient (Wildman–Crippen LogP) is 3.17. The Balaban J connectivity index is 1.62. The number of aromatic nitrogens is 1. The number of methoxy groups -OCH3 is 1. The van der Waals surface area contributed by atoms with E-state index in [0.717, 1.165) is 17.3 Å². The number of fused-ring (bicyclic) bond motifs is 3. The summed E-state index contributed by atoms with van der Waals surface area (Å²) in [4.78, 5) is 17.3. The molecule has 2 aliphatic rings. The summed E-state index contributed by atoms with van der Waals surface area (Å²) in [6.45, 7) is 0. The summed E-state index contributed by atoms with van der Waals surface area (Å²) in [6, 6.07) is 9.12. The van der Waals surface area contributed by atoms with Gasteiger partial charge in [0, 0.05) is 22.9 Å². The Morgan fingerprint density at radius 2 is 1.84 bits per heavy atom. The van der Waals surface area contributed by atoms with Crippen LogP contribution in [0.5, 0.6) is 5.88 Å². The molecule has 0 saturated carbocycles. The van der Waals surface area contributed by atoms with Gasteiger partial charge in [0.05, 0.1) is 23.1 Å². The van der Waals surface area contributed by atoms with Crippen molar-refractivity contribution < 1.29 is 17.9 Å². The zero-order valence-electron chi connectivity index (χ0n) is 14.1. The fraction of sp³-hybridized carbons (Fsp3) is 0.474. The summed E-state index contributed by atoms with van der Waals surface area (Å²) in [5.41, 5.74) is 1.42. The van der Waals surface area contributed by atoms with E-state index in [2.05, 4.69) is 4.98 Å². The summed E-state index contributed by atoms with van der Waals surface area (Å²) in [5, 5.41) is 0.218. The molecule has 4 rings (SSSR count). The van der Waals surface area contributed by atoms with Crippen molar-refractivity contribution in [3.05, 3.63) is 35.9 Å². The normalized spacial score (nSPS) is 27.8. The molecule has 0 aliphatic carbocycles. The number of hydrogen-bond acceptors (Lipinski definition) is 5. The van der Waals surface area contributed by atoms with Gasteiger partial charge in [-0.2, -0.15) is 0 Å². The minimum Gasteiger partial charge on any atom is -0.481 e. The highest BCUT2D eigenvalue weighted by atomic mass is 32.2. The van der Waals surface area contributed by atoms with Crippen molar-refractivity contribution >= 4 is 26.5 Å². The average molecular weight is 359 g/mol. The first kappa shape index (κ1) is 16.5. The highest BCUT2D eigenvalue weighted by Gasteiger charge is 2.46. The fourth-order valence-corrected chi connectivity index (χ4v) is 6.77. The summed E-state index contributed by atoms with van der Waals surface area (Å²) >= 11 is 0. The molecule has 2 saturated heterocycles. The standard InChI is InChI=1S/C19H21NO4S/c1-24-18-8-6-12-9-13(5-7-17(12)20-18)19(21)14-10-15-3-2-4-16(11-14)25(15,22)23/h5-9,14-16H,2-4,10-11H2,1H3. The molecule has 2 aliphatic heterocycles.